The largest absolute Gasteiger partial charge is 0.361 e. The van der Waals surface area contributed by atoms with Crippen molar-refractivity contribution in [3.05, 3.63) is 47.2 Å². The average molecular weight is 507 g/mol. The molecule has 0 amide bonds. The highest BCUT2D eigenvalue weighted by Gasteiger charge is 2.24. The quantitative estimate of drug-likeness (QED) is 0.281. The van der Waals surface area contributed by atoms with E-state index < -0.39 is 0 Å². The minimum absolute atomic E-state index is 0. The third-order valence-electron chi connectivity index (χ3n) is 5.47. The van der Waals surface area contributed by atoms with Crippen molar-refractivity contribution in [2.45, 2.75) is 52.1 Å². The van der Waals surface area contributed by atoms with Gasteiger partial charge in [-0.15, -0.1) is 24.0 Å². The van der Waals surface area contributed by atoms with Gasteiger partial charge in [0.25, 0.3) is 0 Å². The van der Waals surface area contributed by atoms with Crippen LogP contribution < -0.4 is 10.6 Å². The number of aromatic amines is 1. The fourth-order valence-electron chi connectivity index (χ4n) is 4.06. The lowest BCUT2D eigenvalue weighted by Gasteiger charge is -2.25. The molecule has 0 fully saturated rings. The van der Waals surface area contributed by atoms with E-state index in [1.807, 2.05) is 18.7 Å². The third-order valence-corrected chi connectivity index (χ3v) is 5.47. The van der Waals surface area contributed by atoms with Gasteiger partial charge in [0, 0.05) is 37.2 Å². The Bertz CT molecular complexity index is 988. The molecule has 3 heterocycles. The smallest absolute Gasteiger partial charge is 0.191 e. The molecule has 0 bridgehead atoms. The molecule has 0 saturated heterocycles. The van der Waals surface area contributed by atoms with Crippen LogP contribution in [0.5, 0.6) is 0 Å². The number of para-hydroxylation sites is 1. The summed E-state index contributed by atoms with van der Waals surface area (Å²) in [6, 6.07) is 6.69. The molecule has 1 atom stereocenters. The summed E-state index contributed by atoms with van der Waals surface area (Å²) >= 11 is 0. The summed E-state index contributed by atoms with van der Waals surface area (Å²) in [6.07, 6.45) is 6.25. The Kier molecular flexibility index (Phi) is 7.15. The summed E-state index contributed by atoms with van der Waals surface area (Å²) in [5.41, 5.74) is 3.96. The van der Waals surface area contributed by atoms with Crippen LogP contribution in [-0.4, -0.2) is 39.3 Å². The fourth-order valence-corrected chi connectivity index (χ4v) is 4.06. The number of fused-ring (bicyclic) bond motifs is 2. The summed E-state index contributed by atoms with van der Waals surface area (Å²) in [7, 11) is 1.81. The molecule has 4 rings (SSSR count). The van der Waals surface area contributed by atoms with Crippen LogP contribution in [-0.2, 0) is 19.4 Å². The molecule has 8 heteroatoms. The van der Waals surface area contributed by atoms with Crippen molar-refractivity contribution in [2.75, 3.05) is 13.6 Å². The van der Waals surface area contributed by atoms with E-state index in [0.29, 0.717) is 0 Å². The summed E-state index contributed by atoms with van der Waals surface area (Å²) in [5, 5.41) is 12.8. The van der Waals surface area contributed by atoms with Crippen LogP contribution in [0.3, 0.4) is 0 Å². The van der Waals surface area contributed by atoms with Crippen molar-refractivity contribution in [1.82, 2.24) is 30.4 Å². The molecule has 29 heavy (non-hydrogen) atoms. The van der Waals surface area contributed by atoms with Crippen LogP contribution in [0.4, 0.5) is 0 Å². The fraction of sp³-hybridized carbons (Fsp3) is 0.476. The summed E-state index contributed by atoms with van der Waals surface area (Å²) in [5.74, 6) is 2.65. The van der Waals surface area contributed by atoms with Gasteiger partial charge in [-0.05, 0) is 43.7 Å². The predicted octanol–water partition coefficient (Wildman–Crippen LogP) is 3.49. The minimum atomic E-state index is 0. The molecular formula is C21H30IN7. The van der Waals surface area contributed by atoms with Gasteiger partial charge < -0.3 is 15.6 Å². The number of hydrogen-bond acceptors (Lipinski definition) is 3. The van der Waals surface area contributed by atoms with Crippen molar-refractivity contribution in [2.24, 2.45) is 4.99 Å². The second-order valence-corrected chi connectivity index (χ2v) is 7.34. The number of hydrogen-bond donors (Lipinski definition) is 3. The Morgan fingerprint density at radius 2 is 2.21 bits per heavy atom. The van der Waals surface area contributed by atoms with Gasteiger partial charge >= 0.3 is 0 Å². The van der Waals surface area contributed by atoms with Crippen LogP contribution in [0, 0.1) is 6.92 Å². The van der Waals surface area contributed by atoms with E-state index in [-0.39, 0.29) is 30.0 Å². The van der Waals surface area contributed by atoms with E-state index in [0.717, 1.165) is 56.4 Å². The number of nitrogens with one attached hydrogen (secondary N) is 3. The van der Waals surface area contributed by atoms with Crippen LogP contribution >= 0.6 is 24.0 Å². The van der Waals surface area contributed by atoms with Crippen molar-refractivity contribution in [3.8, 4) is 0 Å². The van der Waals surface area contributed by atoms with Crippen LogP contribution in [0.1, 0.15) is 48.6 Å². The normalized spacial score (nSPS) is 16.4. The molecule has 0 radical (unpaired) electrons. The highest BCUT2D eigenvalue weighted by Crippen LogP contribution is 2.23. The van der Waals surface area contributed by atoms with Gasteiger partial charge in [-0.2, -0.15) is 5.10 Å². The van der Waals surface area contributed by atoms with E-state index in [1.54, 1.807) is 0 Å². The number of benzene rings is 1. The number of rotatable bonds is 5. The zero-order valence-electron chi connectivity index (χ0n) is 17.3. The first-order valence-corrected chi connectivity index (χ1v) is 10.2. The predicted molar refractivity (Wildman–Crippen MR) is 128 cm³/mol. The second kappa shape index (κ2) is 9.60. The molecule has 1 aliphatic heterocycles. The highest BCUT2D eigenvalue weighted by molar-refractivity contribution is 14.0. The number of halogens is 1. The maximum Gasteiger partial charge on any atom is 0.191 e. The Labute approximate surface area is 188 Å². The lowest BCUT2D eigenvalue weighted by molar-refractivity contribution is 0.398. The Morgan fingerprint density at radius 3 is 3.00 bits per heavy atom. The van der Waals surface area contributed by atoms with Crippen LogP contribution in [0.25, 0.3) is 10.9 Å². The zero-order chi connectivity index (χ0) is 19.5. The number of H-pyrrole nitrogens is 1. The van der Waals surface area contributed by atoms with E-state index in [9.17, 15) is 0 Å². The molecule has 1 aliphatic rings. The average Bonchev–Trinajstić information content (AvgIpc) is 3.30. The summed E-state index contributed by atoms with van der Waals surface area (Å²) in [4.78, 5) is 12.4. The Morgan fingerprint density at radius 1 is 1.34 bits per heavy atom. The van der Waals surface area contributed by atoms with Crippen molar-refractivity contribution in [1.29, 1.82) is 0 Å². The van der Waals surface area contributed by atoms with Crippen LogP contribution in [0.15, 0.2) is 29.4 Å². The summed E-state index contributed by atoms with van der Waals surface area (Å²) in [6.45, 7) is 5.91. The highest BCUT2D eigenvalue weighted by atomic mass is 127. The van der Waals surface area contributed by atoms with Gasteiger partial charge in [-0.1, -0.05) is 25.1 Å². The molecule has 0 aliphatic carbocycles. The summed E-state index contributed by atoms with van der Waals surface area (Å²) < 4.78 is 2.01. The molecule has 3 aromatic rings. The monoisotopic (exact) mass is 507 g/mol. The van der Waals surface area contributed by atoms with E-state index in [4.69, 9.17) is 0 Å². The zero-order valence-corrected chi connectivity index (χ0v) is 19.7. The minimum Gasteiger partial charge on any atom is -0.361 e. The van der Waals surface area contributed by atoms with Gasteiger partial charge in [0.2, 0.25) is 0 Å². The molecule has 0 saturated carbocycles. The van der Waals surface area contributed by atoms with E-state index in [2.05, 4.69) is 62.0 Å². The molecule has 1 unspecified atom stereocenters. The molecule has 1 aromatic carbocycles. The number of nitrogens with zero attached hydrogens (tertiary/aromatic N) is 4. The molecular weight excluding hydrogens is 477 g/mol. The maximum atomic E-state index is 4.59. The number of aryl methyl sites for hydroxylation is 3. The van der Waals surface area contributed by atoms with Crippen molar-refractivity contribution in [3.63, 3.8) is 0 Å². The second-order valence-electron chi connectivity index (χ2n) is 7.34. The first-order valence-electron chi connectivity index (χ1n) is 10.2. The Hall–Kier alpha value is -2.10. The number of aliphatic imine (C=N–C) groups is 1. The molecule has 2 aromatic heterocycles. The van der Waals surface area contributed by atoms with Gasteiger partial charge in [0.05, 0.1) is 6.04 Å². The van der Waals surface area contributed by atoms with Gasteiger partial charge in [-0.25, -0.2) is 9.67 Å². The van der Waals surface area contributed by atoms with Crippen molar-refractivity contribution < 1.29 is 0 Å². The molecule has 7 nitrogen and oxygen atoms in total. The van der Waals surface area contributed by atoms with Gasteiger partial charge in [-0.3, -0.25) is 4.99 Å². The standard InChI is InChI=1S/C21H29N7.HI/c1-4-15-7-5-8-17-16(13-24-19(15)17)10-11-23-21(22-3)26-18-9-6-12-28-20(18)25-14(2)27-28;/h5,7-8,13,18,24H,4,6,9-12H2,1-3H3,(H2,22,23,26);1H. The van der Waals surface area contributed by atoms with E-state index >= 15 is 0 Å². The first kappa shape index (κ1) is 21.6. The third kappa shape index (κ3) is 4.57. The molecule has 0 spiro atoms. The lowest BCUT2D eigenvalue weighted by Crippen LogP contribution is -2.42. The topological polar surface area (TPSA) is 82.9 Å². The Balaban J connectivity index is 0.00000240. The van der Waals surface area contributed by atoms with E-state index in [1.165, 1.54) is 22.0 Å². The first-order chi connectivity index (χ1) is 13.7. The number of guanidine groups is 1. The van der Waals surface area contributed by atoms with Gasteiger partial charge in [0.1, 0.15) is 11.6 Å². The lowest BCUT2D eigenvalue weighted by atomic mass is 10.1. The van der Waals surface area contributed by atoms with Crippen molar-refractivity contribution >= 4 is 40.8 Å². The van der Waals surface area contributed by atoms with Crippen LogP contribution in [0.2, 0.25) is 0 Å². The number of aromatic nitrogens is 4. The van der Waals surface area contributed by atoms with Gasteiger partial charge in [0.15, 0.2) is 5.96 Å². The SMILES string of the molecule is CCc1cccc2c(CCNC(=NC)NC3CCCn4nc(C)nc43)c[nH]c12.I. The maximum absolute atomic E-state index is 4.59. The molecule has 3 N–H and O–H groups in total. The molecule has 156 valence electrons.